The molecule has 1 N–H and O–H groups in total. The molecule has 10 nitrogen and oxygen atoms in total. The number of rotatable bonds is 9. The molecule has 0 bridgehead atoms. The van der Waals surface area contributed by atoms with Crippen LogP contribution in [0.1, 0.15) is 51.6 Å². The van der Waals surface area contributed by atoms with Crippen LogP contribution >= 0.6 is 0 Å². The topological polar surface area (TPSA) is 101 Å². The number of hydrogen-bond donors (Lipinski definition) is 1. The van der Waals surface area contributed by atoms with Crippen molar-refractivity contribution < 1.29 is 28.6 Å². The minimum atomic E-state index is -0.775. The fraction of sp³-hybridized carbons (Fsp3) is 0.607. The molecule has 2 fully saturated rings. The minimum absolute atomic E-state index is 0.0465. The molecule has 3 amide bonds. The number of piperazine rings is 1. The Kier molecular flexibility index (Phi) is 8.81. The van der Waals surface area contributed by atoms with Crippen LogP contribution in [0.4, 0.5) is 4.79 Å². The number of urea groups is 1. The molecule has 2 atom stereocenters. The smallest absolute Gasteiger partial charge is 0.338 e. The Morgan fingerprint density at radius 2 is 1.87 bits per heavy atom. The Balaban J connectivity index is 1.70. The third kappa shape index (κ3) is 5.32. The lowest BCUT2D eigenvalue weighted by atomic mass is 9.84. The van der Waals surface area contributed by atoms with Crippen molar-refractivity contribution in [1.29, 1.82) is 0 Å². The van der Waals surface area contributed by atoms with E-state index in [0.29, 0.717) is 61.1 Å². The number of likely N-dealkylation sites (N-methyl/N-ethyl adjacent to an activating group) is 1. The van der Waals surface area contributed by atoms with Crippen LogP contribution in [-0.4, -0.2) is 92.2 Å². The summed E-state index contributed by atoms with van der Waals surface area (Å²) < 4.78 is 16.6. The molecule has 1 aromatic rings. The van der Waals surface area contributed by atoms with Crippen LogP contribution in [0.15, 0.2) is 29.5 Å². The van der Waals surface area contributed by atoms with Crippen LogP contribution in [0.5, 0.6) is 11.5 Å². The number of amides is 3. The predicted octanol–water partition coefficient (Wildman–Crippen LogP) is 2.94. The van der Waals surface area contributed by atoms with Gasteiger partial charge < -0.3 is 24.4 Å². The maximum Gasteiger partial charge on any atom is 0.338 e. The zero-order valence-corrected chi connectivity index (χ0v) is 23.1. The second-order valence-electron chi connectivity index (χ2n) is 10.0. The van der Waals surface area contributed by atoms with Gasteiger partial charge >= 0.3 is 12.0 Å². The highest BCUT2D eigenvalue weighted by atomic mass is 16.5. The van der Waals surface area contributed by atoms with Gasteiger partial charge in [-0.2, -0.15) is 0 Å². The molecule has 208 valence electrons. The van der Waals surface area contributed by atoms with E-state index in [9.17, 15) is 14.4 Å². The zero-order valence-electron chi connectivity index (χ0n) is 23.1. The molecule has 3 aliphatic rings. The highest BCUT2D eigenvalue weighted by Gasteiger charge is 2.41. The molecule has 0 aromatic heterocycles. The highest BCUT2D eigenvalue weighted by molar-refractivity contribution is 5.95. The summed E-state index contributed by atoms with van der Waals surface area (Å²) in [6, 6.07) is 4.37. The van der Waals surface area contributed by atoms with Crippen molar-refractivity contribution in [3.8, 4) is 11.5 Å². The molecule has 1 saturated carbocycles. The molecule has 1 aliphatic carbocycles. The first-order valence-electron chi connectivity index (χ1n) is 13.6. The second-order valence-corrected chi connectivity index (χ2v) is 10.0. The van der Waals surface area contributed by atoms with E-state index < -0.39 is 12.0 Å². The summed E-state index contributed by atoms with van der Waals surface area (Å²) >= 11 is 0. The Morgan fingerprint density at radius 3 is 2.45 bits per heavy atom. The van der Waals surface area contributed by atoms with Crippen LogP contribution in [-0.2, 0) is 14.3 Å². The van der Waals surface area contributed by atoms with Crippen molar-refractivity contribution >= 4 is 17.9 Å². The Hall–Kier alpha value is -3.27. The molecule has 1 saturated heterocycles. The van der Waals surface area contributed by atoms with Gasteiger partial charge in [0.1, 0.15) is 0 Å². The summed E-state index contributed by atoms with van der Waals surface area (Å²) in [5.74, 6) is 0.888. The van der Waals surface area contributed by atoms with Crippen molar-refractivity contribution in [2.45, 2.75) is 52.1 Å². The average Bonchev–Trinajstić information content (AvgIpc) is 2.87. The molecule has 0 spiro atoms. The first kappa shape index (κ1) is 27.8. The number of carbonyl (C=O) groups excluding carboxylic acids is 3. The van der Waals surface area contributed by atoms with Crippen molar-refractivity contribution in [2.24, 2.45) is 5.92 Å². The van der Waals surface area contributed by atoms with Gasteiger partial charge in [0.2, 0.25) is 5.91 Å². The standard InChI is InChI=1S/C28H40N4O6/c1-6-31-21(17-30-14-15-32(18(3)16-30)26(33)19-10-8-11-19)23(27(34)38-7-2)24(29-28(31)35)20-12-9-13-22(36-4)25(20)37-5/h9,12-13,18-19,24H,6-8,10-11,14-17H2,1-5H3,(H,29,35). The van der Waals surface area contributed by atoms with Gasteiger partial charge in [-0.25, -0.2) is 9.59 Å². The van der Waals surface area contributed by atoms with E-state index in [-0.39, 0.29) is 30.5 Å². The Bertz CT molecular complexity index is 1090. The normalized spacial score (nSPS) is 22.6. The van der Waals surface area contributed by atoms with Crippen LogP contribution in [0.2, 0.25) is 0 Å². The SMILES string of the molecule is CCOC(=O)C1=C(CN2CCN(C(=O)C3CCC3)C(C)C2)N(CC)C(=O)NC1c1cccc(OC)c1OC. The fourth-order valence-corrected chi connectivity index (χ4v) is 5.64. The molecular formula is C28H40N4O6. The fourth-order valence-electron chi connectivity index (χ4n) is 5.64. The Labute approximate surface area is 224 Å². The monoisotopic (exact) mass is 528 g/mol. The van der Waals surface area contributed by atoms with Crippen LogP contribution < -0.4 is 14.8 Å². The van der Waals surface area contributed by atoms with Crippen molar-refractivity contribution in [3.63, 3.8) is 0 Å². The molecule has 0 radical (unpaired) electrons. The van der Waals surface area contributed by atoms with E-state index in [1.807, 2.05) is 17.9 Å². The zero-order chi connectivity index (χ0) is 27.4. The number of carbonyl (C=O) groups is 3. The summed E-state index contributed by atoms with van der Waals surface area (Å²) in [6.45, 7) is 8.64. The maximum absolute atomic E-state index is 13.5. The van der Waals surface area contributed by atoms with Crippen molar-refractivity contribution in [2.75, 3.05) is 53.6 Å². The predicted molar refractivity (Wildman–Crippen MR) is 142 cm³/mol. The number of ether oxygens (including phenoxy) is 3. The van der Waals surface area contributed by atoms with Gasteiger partial charge in [0.05, 0.1) is 32.4 Å². The largest absolute Gasteiger partial charge is 0.493 e. The number of nitrogens with one attached hydrogen (secondary N) is 1. The summed E-state index contributed by atoms with van der Waals surface area (Å²) in [7, 11) is 3.08. The van der Waals surface area contributed by atoms with Gasteiger partial charge in [-0.15, -0.1) is 0 Å². The molecule has 2 aliphatic heterocycles. The molecule has 2 unspecified atom stereocenters. The maximum atomic E-state index is 13.5. The number of para-hydroxylation sites is 1. The van der Waals surface area contributed by atoms with E-state index in [0.717, 1.165) is 19.3 Å². The first-order chi connectivity index (χ1) is 18.3. The van der Waals surface area contributed by atoms with Gasteiger partial charge in [0.25, 0.3) is 0 Å². The number of hydrogen-bond acceptors (Lipinski definition) is 7. The lowest BCUT2D eigenvalue weighted by Crippen LogP contribution is -2.57. The van der Waals surface area contributed by atoms with Gasteiger partial charge in [-0.3, -0.25) is 14.6 Å². The highest BCUT2D eigenvalue weighted by Crippen LogP contribution is 2.40. The Morgan fingerprint density at radius 1 is 1.11 bits per heavy atom. The number of esters is 1. The van der Waals surface area contributed by atoms with E-state index in [1.54, 1.807) is 31.1 Å². The van der Waals surface area contributed by atoms with E-state index in [2.05, 4.69) is 17.1 Å². The third-order valence-corrected chi connectivity index (χ3v) is 7.82. The van der Waals surface area contributed by atoms with E-state index in [4.69, 9.17) is 14.2 Å². The summed E-state index contributed by atoms with van der Waals surface area (Å²) in [5, 5.41) is 2.99. The molecule has 2 heterocycles. The van der Waals surface area contributed by atoms with Gasteiger partial charge in [0.15, 0.2) is 11.5 Å². The average molecular weight is 529 g/mol. The van der Waals surface area contributed by atoms with Gasteiger partial charge in [-0.05, 0) is 39.7 Å². The minimum Gasteiger partial charge on any atom is -0.493 e. The molecule has 1 aromatic carbocycles. The summed E-state index contributed by atoms with van der Waals surface area (Å²) in [4.78, 5) is 45.5. The lowest BCUT2D eigenvalue weighted by Gasteiger charge is -2.44. The van der Waals surface area contributed by atoms with Crippen molar-refractivity contribution in [3.05, 3.63) is 35.0 Å². The van der Waals surface area contributed by atoms with E-state index >= 15 is 0 Å². The lowest BCUT2D eigenvalue weighted by molar-refractivity contribution is -0.142. The summed E-state index contributed by atoms with van der Waals surface area (Å²) in [5.41, 5.74) is 1.59. The quantitative estimate of drug-likeness (QED) is 0.492. The summed E-state index contributed by atoms with van der Waals surface area (Å²) in [6.07, 6.45) is 3.10. The van der Waals surface area contributed by atoms with Crippen LogP contribution in [0.25, 0.3) is 0 Å². The number of methoxy groups -OCH3 is 2. The first-order valence-corrected chi connectivity index (χ1v) is 13.6. The van der Waals surface area contributed by atoms with Crippen molar-refractivity contribution in [1.82, 2.24) is 20.0 Å². The third-order valence-electron chi connectivity index (χ3n) is 7.82. The molecule has 10 heteroatoms. The van der Waals surface area contributed by atoms with Crippen LogP contribution in [0, 0.1) is 5.92 Å². The molecule has 38 heavy (non-hydrogen) atoms. The second kappa shape index (κ2) is 12.1. The molecule has 4 rings (SSSR count). The molecular weight excluding hydrogens is 488 g/mol. The number of nitrogens with zero attached hydrogens (tertiary/aromatic N) is 3. The van der Waals surface area contributed by atoms with E-state index in [1.165, 1.54) is 7.11 Å². The number of benzene rings is 1. The van der Waals surface area contributed by atoms with Crippen LogP contribution in [0.3, 0.4) is 0 Å². The van der Waals surface area contributed by atoms with Gasteiger partial charge in [-0.1, -0.05) is 18.6 Å². The van der Waals surface area contributed by atoms with Gasteiger partial charge in [0, 0.05) is 55.9 Å².